The van der Waals surface area contributed by atoms with Gasteiger partial charge in [-0.1, -0.05) is 84.9 Å². The van der Waals surface area contributed by atoms with Crippen LogP contribution in [0.1, 0.15) is 23.2 Å². The lowest BCUT2D eigenvalue weighted by molar-refractivity contribution is 0.671. The normalized spacial score (nSPS) is 17.6. The maximum atomic E-state index is 6.46. The van der Waals surface area contributed by atoms with Gasteiger partial charge in [-0.25, -0.2) is 0 Å². The highest BCUT2D eigenvalue weighted by Gasteiger charge is 2.38. The summed E-state index contributed by atoms with van der Waals surface area (Å²) >= 11 is 0. The molecule has 0 spiro atoms. The minimum Gasteiger partial charge on any atom is -0.454 e. The van der Waals surface area contributed by atoms with E-state index in [2.05, 4.69) is 119 Å². The summed E-state index contributed by atoms with van der Waals surface area (Å²) in [6.07, 6.45) is 0. The van der Waals surface area contributed by atoms with Crippen molar-refractivity contribution in [2.75, 3.05) is 0 Å². The van der Waals surface area contributed by atoms with Crippen molar-refractivity contribution in [1.29, 1.82) is 0 Å². The van der Waals surface area contributed by atoms with Crippen LogP contribution in [0.5, 0.6) is 0 Å². The molecule has 35 heavy (non-hydrogen) atoms. The van der Waals surface area contributed by atoms with E-state index >= 15 is 0 Å². The fourth-order valence-electron chi connectivity index (χ4n) is 5.71. The summed E-state index contributed by atoms with van der Waals surface area (Å²) in [5.41, 5.74) is 7.98. The Bertz CT molecular complexity index is 1880. The molecule has 1 N–H and O–H groups in total. The first-order chi connectivity index (χ1) is 17.4. The highest BCUT2D eigenvalue weighted by molar-refractivity contribution is 6.21. The molecule has 1 saturated heterocycles. The number of hydrogen-bond acceptors (Lipinski definition) is 2. The summed E-state index contributed by atoms with van der Waals surface area (Å²) in [5, 5.41) is 8.39. The molecular weight excluding hydrogens is 428 g/mol. The molecule has 1 aliphatic rings. The average molecular weight is 451 g/mol. The molecule has 1 unspecified atom stereocenters. The van der Waals surface area contributed by atoms with Crippen LogP contribution in [-0.2, 0) is 0 Å². The molecule has 0 radical (unpaired) electrons. The van der Waals surface area contributed by atoms with Gasteiger partial charge in [0.05, 0.1) is 23.1 Å². The summed E-state index contributed by atoms with van der Waals surface area (Å²) < 4.78 is 8.82. The second-order valence-electron chi connectivity index (χ2n) is 9.41. The predicted octanol–water partition coefficient (Wildman–Crippen LogP) is 8.07. The number of aromatic nitrogens is 1. The number of furan rings is 1. The molecule has 2 atom stereocenters. The van der Waals surface area contributed by atoms with E-state index in [1.165, 1.54) is 27.4 Å². The number of nitrogens with zero attached hydrogens (tertiary/aromatic N) is 1. The highest BCUT2D eigenvalue weighted by atomic mass is 16.3. The molecule has 0 saturated carbocycles. The molecular formula is C32H22N2O. The van der Waals surface area contributed by atoms with Gasteiger partial charge in [-0.3, -0.25) is 5.32 Å². The number of fused-ring (bicyclic) bond motifs is 7. The minimum absolute atomic E-state index is 0.367. The van der Waals surface area contributed by atoms with Crippen molar-refractivity contribution in [2.24, 2.45) is 0 Å². The van der Waals surface area contributed by atoms with Crippen LogP contribution in [0.15, 0.2) is 120 Å². The molecule has 166 valence electrons. The largest absolute Gasteiger partial charge is 0.454 e. The Morgan fingerprint density at radius 1 is 0.543 bits per heavy atom. The lowest BCUT2D eigenvalue weighted by atomic mass is 10.0. The predicted molar refractivity (Wildman–Crippen MR) is 143 cm³/mol. The summed E-state index contributed by atoms with van der Waals surface area (Å²) in [4.78, 5) is 0. The second-order valence-corrected chi connectivity index (χ2v) is 9.41. The van der Waals surface area contributed by atoms with Gasteiger partial charge in [-0.2, -0.15) is 0 Å². The van der Waals surface area contributed by atoms with Crippen LogP contribution >= 0.6 is 0 Å². The molecule has 7 aromatic rings. The van der Waals surface area contributed by atoms with Gasteiger partial charge in [-0.15, -0.1) is 0 Å². The van der Waals surface area contributed by atoms with Gasteiger partial charge in [-0.05, 0) is 41.5 Å². The van der Waals surface area contributed by atoms with E-state index in [1.54, 1.807) is 0 Å². The lowest BCUT2D eigenvalue weighted by Gasteiger charge is -2.09. The maximum absolute atomic E-state index is 6.46. The number of hydrogen-bond donors (Lipinski definition) is 1. The first-order valence-electron chi connectivity index (χ1n) is 12.1. The molecule has 3 heterocycles. The van der Waals surface area contributed by atoms with E-state index in [4.69, 9.17) is 4.42 Å². The number of benzene rings is 5. The molecule has 1 aliphatic heterocycles. The monoisotopic (exact) mass is 450 g/mol. The lowest BCUT2D eigenvalue weighted by Crippen LogP contribution is -1.95. The van der Waals surface area contributed by atoms with E-state index in [9.17, 15) is 0 Å². The van der Waals surface area contributed by atoms with Crippen molar-refractivity contribution >= 4 is 43.7 Å². The van der Waals surface area contributed by atoms with Crippen LogP contribution in [0.3, 0.4) is 0 Å². The van der Waals surface area contributed by atoms with E-state index in [0.29, 0.717) is 12.1 Å². The molecule has 0 bridgehead atoms. The Labute approximate surface area is 202 Å². The van der Waals surface area contributed by atoms with Crippen molar-refractivity contribution in [3.05, 3.63) is 126 Å². The van der Waals surface area contributed by atoms with Gasteiger partial charge in [0.25, 0.3) is 0 Å². The van der Waals surface area contributed by atoms with Gasteiger partial charge < -0.3 is 8.98 Å². The average Bonchev–Trinajstić information content (AvgIpc) is 3.53. The van der Waals surface area contributed by atoms with E-state index in [-0.39, 0.29) is 0 Å². The standard InChI is InChI=1S/C32H22N2O/c1-2-8-20(9-3-1)29-30(33-29)21-14-16-22(17-15-21)34-27-12-6-4-10-23(27)25-18-19-26-24-11-5-7-13-28(24)35-32(26)31(25)34/h1-19,29-30,33H/t29?,30-/m1/s1. The quantitative estimate of drug-likeness (QED) is 0.277. The SMILES string of the molecule is c1ccc(C2N[C@@H]2c2ccc(-n3c4ccccc4c4ccc5c6ccccc6oc5c43)cc2)cc1. The Morgan fingerprint density at radius 2 is 1.20 bits per heavy atom. The smallest absolute Gasteiger partial charge is 0.160 e. The van der Waals surface area contributed by atoms with Crippen molar-refractivity contribution in [2.45, 2.75) is 12.1 Å². The minimum atomic E-state index is 0.367. The third-order valence-electron chi connectivity index (χ3n) is 7.43. The van der Waals surface area contributed by atoms with Gasteiger partial charge in [0, 0.05) is 27.2 Å². The van der Waals surface area contributed by atoms with Crippen LogP contribution in [0, 0.1) is 0 Å². The second kappa shape index (κ2) is 7.08. The molecule has 8 rings (SSSR count). The van der Waals surface area contributed by atoms with Crippen LogP contribution in [0.25, 0.3) is 49.4 Å². The van der Waals surface area contributed by atoms with Gasteiger partial charge in [0.15, 0.2) is 5.58 Å². The van der Waals surface area contributed by atoms with Crippen molar-refractivity contribution < 1.29 is 4.42 Å². The number of para-hydroxylation sites is 2. The summed E-state index contributed by atoms with van der Waals surface area (Å²) in [6.45, 7) is 0. The topological polar surface area (TPSA) is 40.0 Å². The molecule has 3 heteroatoms. The zero-order valence-corrected chi connectivity index (χ0v) is 19.0. The first-order valence-corrected chi connectivity index (χ1v) is 12.1. The zero-order valence-electron chi connectivity index (χ0n) is 19.0. The number of rotatable bonds is 3. The summed E-state index contributed by atoms with van der Waals surface area (Å²) in [6, 6.07) is 41.8. The molecule has 2 aromatic heterocycles. The molecule has 1 fully saturated rings. The van der Waals surface area contributed by atoms with Crippen molar-refractivity contribution in [3.63, 3.8) is 0 Å². The van der Waals surface area contributed by atoms with Crippen molar-refractivity contribution in [1.82, 2.24) is 9.88 Å². The molecule has 0 aliphatic carbocycles. The fourth-order valence-corrected chi connectivity index (χ4v) is 5.71. The Hall–Kier alpha value is -4.34. The van der Waals surface area contributed by atoms with Crippen LogP contribution in [0.2, 0.25) is 0 Å². The highest BCUT2D eigenvalue weighted by Crippen LogP contribution is 2.43. The zero-order chi connectivity index (χ0) is 22.9. The third-order valence-corrected chi connectivity index (χ3v) is 7.43. The van der Waals surface area contributed by atoms with Crippen LogP contribution in [-0.4, -0.2) is 4.57 Å². The molecule has 0 amide bonds. The van der Waals surface area contributed by atoms with Crippen LogP contribution in [0.4, 0.5) is 0 Å². The summed E-state index contributed by atoms with van der Waals surface area (Å²) in [5.74, 6) is 0. The Morgan fingerprint density at radius 3 is 2.03 bits per heavy atom. The molecule has 3 nitrogen and oxygen atoms in total. The van der Waals surface area contributed by atoms with Gasteiger partial charge in [0.1, 0.15) is 5.58 Å². The summed E-state index contributed by atoms with van der Waals surface area (Å²) in [7, 11) is 0. The van der Waals surface area contributed by atoms with E-state index in [1.807, 2.05) is 6.07 Å². The van der Waals surface area contributed by atoms with E-state index < -0.39 is 0 Å². The molecule has 5 aromatic carbocycles. The Kier molecular flexibility index (Phi) is 3.85. The van der Waals surface area contributed by atoms with Crippen molar-refractivity contribution in [3.8, 4) is 5.69 Å². The Balaban J connectivity index is 1.32. The van der Waals surface area contributed by atoms with E-state index in [0.717, 1.165) is 33.1 Å². The number of nitrogens with one attached hydrogen (secondary N) is 1. The maximum Gasteiger partial charge on any atom is 0.160 e. The third kappa shape index (κ3) is 2.76. The fraction of sp³-hybridized carbons (Fsp3) is 0.0625. The van der Waals surface area contributed by atoms with Crippen LogP contribution < -0.4 is 5.32 Å². The van der Waals surface area contributed by atoms with Gasteiger partial charge >= 0.3 is 0 Å². The van der Waals surface area contributed by atoms with Gasteiger partial charge in [0.2, 0.25) is 0 Å². The first kappa shape index (κ1) is 19.0.